The molecule has 1 amide bonds. The van der Waals surface area contributed by atoms with Gasteiger partial charge in [-0.25, -0.2) is 13.2 Å². The van der Waals surface area contributed by atoms with Crippen molar-refractivity contribution in [2.24, 2.45) is 16.8 Å². The first-order valence-corrected chi connectivity index (χ1v) is 5.87. The van der Waals surface area contributed by atoms with Crippen molar-refractivity contribution >= 4 is 11.7 Å². The lowest BCUT2D eigenvalue weighted by Gasteiger charge is -2.17. The Bertz CT molecular complexity index is 573. The summed E-state index contributed by atoms with van der Waals surface area (Å²) in [7, 11) is 0. The van der Waals surface area contributed by atoms with E-state index in [0.717, 1.165) is 18.9 Å². The van der Waals surface area contributed by atoms with Crippen LogP contribution in [0.5, 0.6) is 0 Å². The van der Waals surface area contributed by atoms with Gasteiger partial charge in [0.1, 0.15) is 0 Å². The predicted molar refractivity (Wildman–Crippen MR) is 63.7 cm³/mol. The number of nitrogens with two attached hydrogens (primary N) is 1. The number of oxime groups is 1. The number of nitrogens with zero attached hydrogens (tertiary/aromatic N) is 1. The van der Waals surface area contributed by atoms with E-state index in [4.69, 9.17) is 10.9 Å². The second-order valence-corrected chi connectivity index (χ2v) is 4.54. The molecule has 5 nitrogen and oxygen atoms in total. The minimum Gasteiger partial charge on any atom is -0.409 e. The monoisotopic (exact) mass is 287 g/mol. The van der Waals surface area contributed by atoms with E-state index in [1.165, 1.54) is 0 Å². The molecule has 0 saturated heterocycles. The molecule has 0 aliphatic heterocycles. The Kier molecular flexibility index (Phi) is 3.82. The molecule has 1 fully saturated rings. The number of rotatable bonds is 4. The first kappa shape index (κ1) is 14.2. The number of nitrogens with one attached hydrogen (secondary N) is 1. The molecule has 4 N–H and O–H groups in total. The number of amidine groups is 1. The molecule has 0 aromatic heterocycles. The van der Waals surface area contributed by atoms with Crippen LogP contribution in [0.3, 0.4) is 0 Å². The van der Waals surface area contributed by atoms with Gasteiger partial charge < -0.3 is 16.3 Å². The molecule has 0 heterocycles. The van der Waals surface area contributed by atoms with E-state index in [2.05, 4.69) is 10.5 Å². The standard InChI is InChI=1S/C12H12F3N3O2/c13-7-4-3-6(8(14)9(7)15)12(19)17-10(5-1-2-5)11(16)18-20/h3-5,10,20H,1-2H2,(H2,16,18)(H,17,19). The van der Waals surface area contributed by atoms with E-state index in [1.54, 1.807) is 0 Å². The van der Waals surface area contributed by atoms with Crippen molar-refractivity contribution in [3.05, 3.63) is 35.1 Å². The molecule has 1 aromatic carbocycles. The molecular formula is C12H12F3N3O2. The number of benzene rings is 1. The minimum atomic E-state index is -1.72. The molecule has 1 saturated carbocycles. The zero-order valence-corrected chi connectivity index (χ0v) is 10.2. The third-order valence-electron chi connectivity index (χ3n) is 3.09. The summed E-state index contributed by atoms with van der Waals surface area (Å²) < 4.78 is 39.3. The summed E-state index contributed by atoms with van der Waals surface area (Å²) in [4.78, 5) is 11.9. The lowest BCUT2D eigenvalue weighted by atomic mass is 10.1. The highest BCUT2D eigenvalue weighted by Crippen LogP contribution is 2.33. The van der Waals surface area contributed by atoms with E-state index in [-0.39, 0.29) is 11.8 Å². The largest absolute Gasteiger partial charge is 0.409 e. The Morgan fingerprint density at radius 2 is 2.00 bits per heavy atom. The molecule has 108 valence electrons. The molecule has 1 aromatic rings. The molecule has 8 heteroatoms. The summed E-state index contributed by atoms with van der Waals surface area (Å²) in [6, 6.07) is 0.724. The van der Waals surface area contributed by atoms with Crippen molar-refractivity contribution in [2.75, 3.05) is 0 Å². The van der Waals surface area contributed by atoms with Crippen molar-refractivity contribution in [1.82, 2.24) is 5.32 Å². The number of carbonyl (C=O) groups is 1. The van der Waals surface area contributed by atoms with Crippen LogP contribution in [-0.4, -0.2) is 23.0 Å². The van der Waals surface area contributed by atoms with Gasteiger partial charge in [0, 0.05) is 0 Å². The summed E-state index contributed by atoms with van der Waals surface area (Å²) in [6.07, 6.45) is 1.53. The van der Waals surface area contributed by atoms with Crippen molar-refractivity contribution in [3.8, 4) is 0 Å². The van der Waals surface area contributed by atoms with Gasteiger partial charge in [-0.3, -0.25) is 4.79 Å². The zero-order chi connectivity index (χ0) is 14.9. The van der Waals surface area contributed by atoms with Crippen molar-refractivity contribution < 1.29 is 23.2 Å². The molecule has 1 aliphatic carbocycles. The second-order valence-electron chi connectivity index (χ2n) is 4.54. The molecule has 1 unspecified atom stereocenters. The fourth-order valence-corrected chi connectivity index (χ4v) is 1.85. The quantitative estimate of drug-likeness (QED) is 0.257. The van der Waals surface area contributed by atoms with Crippen molar-refractivity contribution in [2.45, 2.75) is 18.9 Å². The maximum Gasteiger partial charge on any atom is 0.254 e. The first-order chi connectivity index (χ1) is 9.45. The summed E-state index contributed by atoms with van der Waals surface area (Å²) in [5, 5.41) is 13.8. The van der Waals surface area contributed by atoms with Crippen molar-refractivity contribution in [3.63, 3.8) is 0 Å². The van der Waals surface area contributed by atoms with E-state index in [1.807, 2.05) is 0 Å². The highest BCUT2D eigenvalue weighted by Gasteiger charge is 2.36. The van der Waals surface area contributed by atoms with Crippen LogP contribution in [0.1, 0.15) is 23.2 Å². The molecule has 0 spiro atoms. The van der Waals surface area contributed by atoms with Crippen LogP contribution in [0.4, 0.5) is 13.2 Å². The van der Waals surface area contributed by atoms with Gasteiger partial charge in [-0.05, 0) is 30.9 Å². The first-order valence-electron chi connectivity index (χ1n) is 5.87. The van der Waals surface area contributed by atoms with Crippen molar-refractivity contribution in [1.29, 1.82) is 0 Å². The summed E-state index contributed by atoms with van der Waals surface area (Å²) in [6.45, 7) is 0. The normalized spacial score (nSPS) is 16.9. The summed E-state index contributed by atoms with van der Waals surface area (Å²) in [5.74, 6) is -5.85. The average Bonchev–Trinajstić information content (AvgIpc) is 3.25. The van der Waals surface area contributed by atoms with Crippen LogP contribution in [-0.2, 0) is 0 Å². The van der Waals surface area contributed by atoms with Gasteiger partial charge >= 0.3 is 0 Å². The summed E-state index contributed by atoms with van der Waals surface area (Å²) in [5.41, 5.74) is 4.80. The summed E-state index contributed by atoms with van der Waals surface area (Å²) >= 11 is 0. The van der Waals surface area contributed by atoms with Gasteiger partial charge in [-0.15, -0.1) is 0 Å². The second kappa shape index (κ2) is 5.40. The average molecular weight is 287 g/mol. The number of amides is 1. The van der Waals surface area contributed by atoms with E-state index in [0.29, 0.717) is 6.07 Å². The Labute approximate surface area is 112 Å². The van der Waals surface area contributed by atoms with Gasteiger partial charge in [0.15, 0.2) is 23.3 Å². The number of hydrogen-bond acceptors (Lipinski definition) is 3. The van der Waals surface area contributed by atoms with E-state index < -0.39 is 35.0 Å². The molecule has 1 atom stereocenters. The Hall–Kier alpha value is -2.25. The molecule has 0 radical (unpaired) electrons. The van der Waals surface area contributed by atoms with Crippen LogP contribution in [0.2, 0.25) is 0 Å². The lowest BCUT2D eigenvalue weighted by molar-refractivity contribution is 0.0937. The maximum atomic E-state index is 13.5. The minimum absolute atomic E-state index is 0.0109. The highest BCUT2D eigenvalue weighted by atomic mass is 19.2. The van der Waals surface area contributed by atoms with Gasteiger partial charge in [-0.2, -0.15) is 0 Å². The maximum absolute atomic E-state index is 13.5. The molecule has 2 rings (SSSR count). The SMILES string of the molecule is NC(=NO)C(NC(=O)c1ccc(F)c(F)c1F)C1CC1. The Morgan fingerprint density at radius 3 is 2.55 bits per heavy atom. The Morgan fingerprint density at radius 1 is 1.35 bits per heavy atom. The fourth-order valence-electron chi connectivity index (χ4n) is 1.85. The van der Waals surface area contributed by atoms with E-state index >= 15 is 0 Å². The number of hydrogen-bond donors (Lipinski definition) is 3. The third-order valence-corrected chi connectivity index (χ3v) is 3.09. The zero-order valence-electron chi connectivity index (χ0n) is 10.2. The van der Waals surface area contributed by atoms with Gasteiger partial charge in [0.25, 0.3) is 5.91 Å². The molecule has 0 bridgehead atoms. The van der Waals surface area contributed by atoms with E-state index in [9.17, 15) is 18.0 Å². The van der Waals surface area contributed by atoms with Gasteiger partial charge in [0.2, 0.25) is 0 Å². The number of halogens is 3. The Balaban J connectivity index is 2.21. The van der Waals surface area contributed by atoms with Crippen LogP contribution < -0.4 is 11.1 Å². The molecule has 20 heavy (non-hydrogen) atoms. The predicted octanol–water partition coefficient (Wildman–Crippen LogP) is 1.36. The van der Waals surface area contributed by atoms with Crippen LogP contribution >= 0.6 is 0 Å². The highest BCUT2D eigenvalue weighted by molar-refractivity contribution is 5.98. The topological polar surface area (TPSA) is 87.7 Å². The van der Waals surface area contributed by atoms with Crippen LogP contribution in [0.25, 0.3) is 0 Å². The van der Waals surface area contributed by atoms with Crippen LogP contribution in [0.15, 0.2) is 17.3 Å². The van der Waals surface area contributed by atoms with Gasteiger partial charge in [0.05, 0.1) is 11.6 Å². The molecule has 1 aliphatic rings. The third kappa shape index (κ3) is 2.68. The fraction of sp³-hybridized carbons (Fsp3) is 0.333. The molecular weight excluding hydrogens is 275 g/mol. The smallest absolute Gasteiger partial charge is 0.254 e. The number of carbonyl (C=O) groups excluding carboxylic acids is 1. The lowest BCUT2D eigenvalue weighted by Crippen LogP contribution is -2.46. The van der Waals surface area contributed by atoms with Gasteiger partial charge in [-0.1, -0.05) is 5.16 Å². The van der Waals surface area contributed by atoms with Crippen LogP contribution in [0, 0.1) is 23.4 Å².